The molecule has 19 heavy (non-hydrogen) atoms. The Hall–Kier alpha value is -1.34. The van der Waals surface area contributed by atoms with Crippen LogP contribution in [0.1, 0.15) is 33.6 Å². The van der Waals surface area contributed by atoms with Gasteiger partial charge in [0.25, 0.3) is 0 Å². The van der Waals surface area contributed by atoms with Crippen molar-refractivity contribution >= 4 is 12.1 Å². The van der Waals surface area contributed by atoms with Crippen LogP contribution in [-0.2, 0) is 9.47 Å². The van der Waals surface area contributed by atoms with Gasteiger partial charge in [0.2, 0.25) is 0 Å². The van der Waals surface area contributed by atoms with Crippen LogP contribution in [-0.4, -0.2) is 48.5 Å². The molecule has 1 heterocycles. The van der Waals surface area contributed by atoms with Gasteiger partial charge in [0, 0.05) is 19.7 Å². The highest BCUT2D eigenvalue weighted by molar-refractivity contribution is 5.91. The Kier molecular flexibility index (Phi) is 5.56. The first kappa shape index (κ1) is 15.7. The molecule has 1 aliphatic heterocycles. The van der Waals surface area contributed by atoms with E-state index in [2.05, 4.69) is 5.32 Å². The predicted molar refractivity (Wildman–Crippen MR) is 69.5 cm³/mol. The van der Waals surface area contributed by atoms with Crippen LogP contribution in [0.15, 0.2) is 0 Å². The summed E-state index contributed by atoms with van der Waals surface area (Å²) in [7, 11) is 0. The fraction of sp³-hybridized carbons (Fsp3) is 0.833. The fourth-order valence-electron chi connectivity index (χ4n) is 1.63. The number of rotatable bonds is 3. The first-order valence-electron chi connectivity index (χ1n) is 6.46. The smallest absolute Gasteiger partial charge is 0.418 e. The third-order valence-corrected chi connectivity index (χ3v) is 2.43. The Morgan fingerprint density at radius 1 is 1.47 bits per heavy atom. The SMILES string of the molecule is CC(C)(C)OC(=O)N(CCN)C(=O)NC1CCCO1. The van der Waals surface area contributed by atoms with Gasteiger partial charge in [-0.25, -0.2) is 14.5 Å². The van der Waals surface area contributed by atoms with Crippen LogP contribution in [0, 0.1) is 0 Å². The van der Waals surface area contributed by atoms with Gasteiger partial charge in [-0.2, -0.15) is 0 Å². The van der Waals surface area contributed by atoms with Crippen LogP contribution in [0.3, 0.4) is 0 Å². The Bertz CT molecular complexity index is 321. The monoisotopic (exact) mass is 273 g/mol. The van der Waals surface area contributed by atoms with E-state index in [0.29, 0.717) is 6.61 Å². The Labute approximate surface area is 113 Å². The average Bonchev–Trinajstić information content (AvgIpc) is 2.75. The number of amides is 3. The van der Waals surface area contributed by atoms with E-state index in [1.54, 1.807) is 20.8 Å². The lowest BCUT2D eigenvalue weighted by molar-refractivity contribution is 0.0295. The number of hydrogen-bond acceptors (Lipinski definition) is 5. The molecule has 3 N–H and O–H groups in total. The quantitative estimate of drug-likeness (QED) is 0.801. The molecule has 7 nitrogen and oxygen atoms in total. The molecule has 0 aromatic carbocycles. The average molecular weight is 273 g/mol. The second kappa shape index (κ2) is 6.72. The third-order valence-electron chi connectivity index (χ3n) is 2.43. The summed E-state index contributed by atoms with van der Waals surface area (Å²) in [6, 6.07) is -0.536. The Morgan fingerprint density at radius 2 is 2.16 bits per heavy atom. The molecule has 7 heteroatoms. The second-order valence-electron chi connectivity index (χ2n) is 5.37. The lowest BCUT2D eigenvalue weighted by Crippen LogP contribution is -2.50. The number of ether oxygens (including phenoxy) is 2. The minimum absolute atomic E-state index is 0.105. The zero-order valence-electron chi connectivity index (χ0n) is 11.8. The number of carbonyl (C=O) groups is 2. The molecule has 1 unspecified atom stereocenters. The van der Waals surface area contributed by atoms with Crippen LogP contribution in [0.5, 0.6) is 0 Å². The van der Waals surface area contributed by atoms with Gasteiger partial charge in [0.1, 0.15) is 11.8 Å². The zero-order valence-corrected chi connectivity index (χ0v) is 11.8. The van der Waals surface area contributed by atoms with Crippen molar-refractivity contribution < 1.29 is 19.1 Å². The second-order valence-corrected chi connectivity index (χ2v) is 5.37. The Morgan fingerprint density at radius 3 is 2.63 bits per heavy atom. The maximum Gasteiger partial charge on any atom is 0.418 e. The van der Waals surface area contributed by atoms with Crippen molar-refractivity contribution in [2.75, 3.05) is 19.7 Å². The summed E-state index contributed by atoms with van der Waals surface area (Å²) < 4.78 is 10.5. The maximum atomic E-state index is 12.0. The number of nitrogens with one attached hydrogen (secondary N) is 1. The molecule has 1 fully saturated rings. The third kappa shape index (κ3) is 5.44. The first-order chi connectivity index (χ1) is 8.83. The highest BCUT2D eigenvalue weighted by atomic mass is 16.6. The minimum atomic E-state index is -0.701. The van der Waals surface area contributed by atoms with Crippen molar-refractivity contribution in [3.05, 3.63) is 0 Å². The number of hydrogen-bond donors (Lipinski definition) is 2. The van der Waals surface area contributed by atoms with E-state index < -0.39 is 17.7 Å². The van der Waals surface area contributed by atoms with Crippen molar-refractivity contribution in [1.29, 1.82) is 0 Å². The molecule has 1 atom stereocenters. The standard InChI is InChI=1S/C12H23N3O4/c1-12(2,3)19-11(17)15(7-6-13)10(16)14-9-5-4-8-18-9/h9H,4-8,13H2,1-3H3,(H,14,16). The van der Waals surface area contributed by atoms with E-state index >= 15 is 0 Å². The molecule has 0 bridgehead atoms. The minimum Gasteiger partial charge on any atom is -0.443 e. The van der Waals surface area contributed by atoms with Crippen molar-refractivity contribution in [3.63, 3.8) is 0 Å². The first-order valence-corrected chi connectivity index (χ1v) is 6.46. The lowest BCUT2D eigenvalue weighted by atomic mass is 10.2. The molecule has 1 saturated heterocycles. The van der Waals surface area contributed by atoms with E-state index in [4.69, 9.17) is 15.2 Å². The topological polar surface area (TPSA) is 93.9 Å². The molecule has 3 amide bonds. The molecule has 0 aromatic heterocycles. The van der Waals surface area contributed by atoms with Gasteiger partial charge in [0.05, 0.1) is 0 Å². The van der Waals surface area contributed by atoms with E-state index in [1.165, 1.54) is 0 Å². The molecule has 1 rings (SSSR count). The Balaban J connectivity index is 2.59. The van der Waals surface area contributed by atoms with Crippen molar-refractivity contribution in [2.24, 2.45) is 5.73 Å². The fourth-order valence-corrected chi connectivity index (χ4v) is 1.63. The normalized spacial score (nSPS) is 19.1. The van der Waals surface area contributed by atoms with Gasteiger partial charge in [-0.3, -0.25) is 0 Å². The van der Waals surface area contributed by atoms with E-state index in [9.17, 15) is 9.59 Å². The van der Waals surface area contributed by atoms with Crippen LogP contribution in [0.25, 0.3) is 0 Å². The van der Waals surface area contributed by atoms with E-state index in [-0.39, 0.29) is 19.3 Å². The molecule has 0 radical (unpaired) electrons. The summed E-state index contributed by atoms with van der Waals surface area (Å²) in [6.45, 7) is 6.12. The van der Waals surface area contributed by atoms with Crippen molar-refractivity contribution in [2.45, 2.75) is 45.4 Å². The van der Waals surface area contributed by atoms with Crippen LogP contribution in [0.2, 0.25) is 0 Å². The van der Waals surface area contributed by atoms with Gasteiger partial charge >= 0.3 is 12.1 Å². The number of urea groups is 1. The van der Waals surface area contributed by atoms with Gasteiger partial charge in [-0.1, -0.05) is 0 Å². The summed E-state index contributed by atoms with van der Waals surface area (Å²) in [5.74, 6) is 0. The summed E-state index contributed by atoms with van der Waals surface area (Å²) in [5, 5.41) is 2.64. The largest absolute Gasteiger partial charge is 0.443 e. The highest BCUT2D eigenvalue weighted by Gasteiger charge is 2.28. The predicted octanol–water partition coefficient (Wildman–Crippen LogP) is 1.03. The lowest BCUT2D eigenvalue weighted by Gasteiger charge is -2.26. The molecule has 110 valence electrons. The number of nitrogens with two attached hydrogens (primary N) is 1. The number of carbonyl (C=O) groups excluding carboxylic acids is 2. The summed E-state index contributed by atoms with van der Waals surface area (Å²) in [4.78, 5) is 24.9. The molecule has 0 saturated carbocycles. The molecule has 1 aliphatic rings. The van der Waals surface area contributed by atoms with Crippen molar-refractivity contribution in [1.82, 2.24) is 10.2 Å². The van der Waals surface area contributed by atoms with Crippen LogP contribution >= 0.6 is 0 Å². The summed E-state index contributed by atoms with van der Waals surface area (Å²) >= 11 is 0. The number of nitrogens with zero attached hydrogens (tertiary/aromatic N) is 1. The van der Waals surface area contributed by atoms with Gasteiger partial charge in [-0.15, -0.1) is 0 Å². The molecular formula is C12H23N3O4. The summed E-state index contributed by atoms with van der Waals surface area (Å²) in [5.41, 5.74) is 4.76. The van der Waals surface area contributed by atoms with Crippen LogP contribution in [0.4, 0.5) is 9.59 Å². The highest BCUT2D eigenvalue weighted by Crippen LogP contribution is 2.12. The molecule has 0 aliphatic carbocycles. The molecular weight excluding hydrogens is 250 g/mol. The van der Waals surface area contributed by atoms with E-state index in [0.717, 1.165) is 17.7 Å². The molecule has 0 spiro atoms. The maximum absolute atomic E-state index is 12.0. The molecule has 0 aromatic rings. The van der Waals surface area contributed by atoms with E-state index in [1.807, 2.05) is 0 Å². The van der Waals surface area contributed by atoms with Gasteiger partial charge in [0.15, 0.2) is 0 Å². The zero-order chi connectivity index (χ0) is 14.5. The van der Waals surface area contributed by atoms with Crippen molar-refractivity contribution in [3.8, 4) is 0 Å². The van der Waals surface area contributed by atoms with Gasteiger partial charge in [-0.05, 0) is 33.6 Å². The van der Waals surface area contributed by atoms with Gasteiger partial charge < -0.3 is 20.5 Å². The summed E-state index contributed by atoms with van der Waals surface area (Å²) in [6.07, 6.45) is 0.605. The van der Waals surface area contributed by atoms with Crippen LogP contribution < -0.4 is 11.1 Å². The number of imide groups is 1.